The molecule has 0 radical (unpaired) electrons. The molecule has 0 N–H and O–H groups in total. The summed E-state index contributed by atoms with van der Waals surface area (Å²) in [5, 5.41) is 0. The van der Waals surface area contributed by atoms with Crippen molar-refractivity contribution in [1.82, 2.24) is 9.47 Å². The van der Waals surface area contributed by atoms with Crippen LogP contribution in [0.4, 0.5) is 5.69 Å². The van der Waals surface area contributed by atoms with Gasteiger partial charge in [0.2, 0.25) is 5.91 Å². The predicted octanol–water partition coefficient (Wildman–Crippen LogP) is 3.76. The normalized spacial score (nSPS) is 14.8. The number of anilines is 1. The molecule has 1 saturated heterocycles. The van der Waals surface area contributed by atoms with E-state index in [0.717, 1.165) is 43.9 Å². The first-order valence-corrected chi connectivity index (χ1v) is 9.60. The maximum absolute atomic E-state index is 12.8. The number of carbonyl (C=O) groups is 1. The molecular weight excluding hydrogens is 334 g/mol. The molecule has 4 heteroatoms. The van der Waals surface area contributed by atoms with Gasteiger partial charge in [-0.25, -0.2) is 0 Å². The van der Waals surface area contributed by atoms with Gasteiger partial charge in [0.15, 0.2) is 0 Å². The van der Waals surface area contributed by atoms with Crippen LogP contribution >= 0.6 is 0 Å². The van der Waals surface area contributed by atoms with Gasteiger partial charge in [0.05, 0.1) is 6.42 Å². The second-order valence-electron chi connectivity index (χ2n) is 6.99. The van der Waals surface area contributed by atoms with Gasteiger partial charge in [-0.05, 0) is 48.4 Å². The number of nitrogens with zero attached hydrogens (tertiary/aromatic N) is 3. The van der Waals surface area contributed by atoms with Gasteiger partial charge in [-0.15, -0.1) is 0 Å². The van der Waals surface area contributed by atoms with Gasteiger partial charge in [-0.1, -0.05) is 30.3 Å². The number of aromatic nitrogens is 1. The van der Waals surface area contributed by atoms with Crippen molar-refractivity contribution < 1.29 is 4.79 Å². The molecule has 0 atom stereocenters. The molecule has 1 aromatic heterocycles. The molecular formula is C23H25N3O. The lowest BCUT2D eigenvalue weighted by Crippen LogP contribution is -2.36. The smallest absolute Gasteiger partial charge is 0.227 e. The third-order valence-electron chi connectivity index (χ3n) is 5.16. The molecule has 0 aliphatic carbocycles. The number of amides is 1. The van der Waals surface area contributed by atoms with E-state index < -0.39 is 0 Å². The molecule has 0 spiro atoms. The summed E-state index contributed by atoms with van der Waals surface area (Å²) in [6.07, 6.45) is 5.52. The van der Waals surface area contributed by atoms with E-state index in [1.807, 2.05) is 35.5 Å². The highest BCUT2D eigenvalue weighted by Gasteiger charge is 2.19. The maximum atomic E-state index is 12.8. The Morgan fingerprint density at radius 2 is 1.48 bits per heavy atom. The molecule has 4 nitrogen and oxygen atoms in total. The summed E-state index contributed by atoms with van der Waals surface area (Å²) in [5.74, 6) is 0.221. The molecule has 1 fully saturated rings. The summed E-state index contributed by atoms with van der Waals surface area (Å²) in [5.41, 5.74) is 3.43. The van der Waals surface area contributed by atoms with Crippen LogP contribution in [0, 0.1) is 0 Å². The van der Waals surface area contributed by atoms with Crippen LogP contribution in [0.2, 0.25) is 0 Å². The van der Waals surface area contributed by atoms with Gasteiger partial charge < -0.3 is 14.4 Å². The molecule has 0 unspecified atom stereocenters. The second-order valence-corrected chi connectivity index (χ2v) is 6.99. The van der Waals surface area contributed by atoms with Gasteiger partial charge in [-0.3, -0.25) is 4.79 Å². The van der Waals surface area contributed by atoms with Gasteiger partial charge >= 0.3 is 0 Å². The third-order valence-corrected chi connectivity index (χ3v) is 5.16. The Morgan fingerprint density at radius 3 is 2.22 bits per heavy atom. The summed E-state index contributed by atoms with van der Waals surface area (Å²) in [4.78, 5) is 17.2. The fourth-order valence-corrected chi connectivity index (χ4v) is 3.64. The molecule has 0 bridgehead atoms. The van der Waals surface area contributed by atoms with E-state index in [4.69, 9.17) is 0 Å². The highest BCUT2D eigenvalue weighted by Crippen LogP contribution is 2.17. The fourth-order valence-electron chi connectivity index (χ4n) is 3.64. The molecule has 2 heterocycles. The number of rotatable bonds is 4. The molecule has 138 valence electrons. The van der Waals surface area contributed by atoms with Crippen molar-refractivity contribution in [3.05, 3.63) is 84.7 Å². The van der Waals surface area contributed by atoms with Crippen molar-refractivity contribution in [3.63, 3.8) is 0 Å². The maximum Gasteiger partial charge on any atom is 0.227 e. The lowest BCUT2D eigenvalue weighted by atomic mass is 10.1. The second kappa shape index (κ2) is 8.12. The topological polar surface area (TPSA) is 28.5 Å². The first-order chi connectivity index (χ1) is 13.3. The van der Waals surface area contributed by atoms with Crippen molar-refractivity contribution in [2.24, 2.45) is 0 Å². The van der Waals surface area contributed by atoms with E-state index in [9.17, 15) is 4.79 Å². The Morgan fingerprint density at radius 1 is 0.741 bits per heavy atom. The minimum Gasteiger partial charge on any atom is -0.370 e. The van der Waals surface area contributed by atoms with Crippen LogP contribution in [0.3, 0.4) is 0 Å². The number of para-hydroxylation sites is 1. The van der Waals surface area contributed by atoms with E-state index >= 15 is 0 Å². The standard InChI is InChI=1S/C23H25N3O/c27-23(19-20-9-11-22(12-10-20)24-13-4-5-14-24)26-16-6-15-25(17-18-26)21-7-2-1-3-8-21/h1-5,7-14H,6,15-19H2. The Labute approximate surface area is 160 Å². The highest BCUT2D eigenvalue weighted by atomic mass is 16.2. The van der Waals surface area contributed by atoms with Crippen molar-refractivity contribution in [1.29, 1.82) is 0 Å². The van der Waals surface area contributed by atoms with Gasteiger partial charge in [0.1, 0.15) is 0 Å². The summed E-state index contributed by atoms with van der Waals surface area (Å²) < 4.78 is 2.07. The van der Waals surface area contributed by atoms with Gasteiger partial charge in [0, 0.05) is 49.9 Å². The zero-order valence-corrected chi connectivity index (χ0v) is 15.5. The van der Waals surface area contributed by atoms with E-state index in [2.05, 4.69) is 58.0 Å². The van der Waals surface area contributed by atoms with Crippen LogP contribution in [0.15, 0.2) is 79.1 Å². The minimum atomic E-state index is 0.221. The average Bonchev–Trinajstić information content (AvgIpc) is 3.13. The molecule has 1 amide bonds. The predicted molar refractivity (Wildman–Crippen MR) is 109 cm³/mol. The van der Waals surface area contributed by atoms with Crippen LogP contribution in [-0.2, 0) is 11.2 Å². The lowest BCUT2D eigenvalue weighted by Gasteiger charge is -2.23. The Balaban J connectivity index is 1.35. The van der Waals surface area contributed by atoms with E-state index in [0.29, 0.717) is 6.42 Å². The van der Waals surface area contributed by atoms with Crippen LogP contribution in [0.1, 0.15) is 12.0 Å². The molecule has 3 aromatic rings. The largest absolute Gasteiger partial charge is 0.370 e. The summed E-state index contributed by atoms with van der Waals surface area (Å²) >= 11 is 0. The number of hydrogen-bond acceptors (Lipinski definition) is 2. The molecule has 4 rings (SSSR count). The third kappa shape index (κ3) is 4.22. The lowest BCUT2D eigenvalue weighted by molar-refractivity contribution is -0.130. The SMILES string of the molecule is O=C(Cc1ccc(-n2cccc2)cc1)N1CCCN(c2ccccc2)CC1. The first-order valence-electron chi connectivity index (χ1n) is 9.60. The zero-order valence-electron chi connectivity index (χ0n) is 15.5. The molecule has 0 saturated carbocycles. The molecule has 2 aromatic carbocycles. The average molecular weight is 359 g/mol. The molecule has 1 aliphatic heterocycles. The van der Waals surface area contributed by atoms with E-state index in [1.54, 1.807) is 0 Å². The first kappa shape index (κ1) is 17.4. The Bertz CT molecular complexity index is 856. The number of carbonyl (C=O) groups excluding carboxylic acids is 1. The molecule has 27 heavy (non-hydrogen) atoms. The van der Waals surface area contributed by atoms with Crippen LogP contribution in [-0.4, -0.2) is 41.6 Å². The van der Waals surface area contributed by atoms with Crippen molar-refractivity contribution in [2.45, 2.75) is 12.8 Å². The van der Waals surface area contributed by atoms with Crippen LogP contribution in [0.5, 0.6) is 0 Å². The van der Waals surface area contributed by atoms with E-state index in [1.165, 1.54) is 5.69 Å². The zero-order chi connectivity index (χ0) is 18.5. The summed E-state index contributed by atoms with van der Waals surface area (Å²) in [6.45, 7) is 3.51. The van der Waals surface area contributed by atoms with Gasteiger partial charge in [-0.2, -0.15) is 0 Å². The Kier molecular flexibility index (Phi) is 5.24. The summed E-state index contributed by atoms with van der Waals surface area (Å²) in [6, 6.07) is 22.7. The van der Waals surface area contributed by atoms with Crippen LogP contribution in [0.25, 0.3) is 5.69 Å². The van der Waals surface area contributed by atoms with Crippen molar-refractivity contribution >= 4 is 11.6 Å². The quantitative estimate of drug-likeness (QED) is 0.710. The highest BCUT2D eigenvalue weighted by molar-refractivity contribution is 5.79. The minimum absolute atomic E-state index is 0.221. The van der Waals surface area contributed by atoms with Crippen LogP contribution < -0.4 is 4.90 Å². The van der Waals surface area contributed by atoms with E-state index in [-0.39, 0.29) is 5.91 Å². The van der Waals surface area contributed by atoms with Gasteiger partial charge in [0.25, 0.3) is 0 Å². The van der Waals surface area contributed by atoms with Crippen molar-refractivity contribution in [2.75, 3.05) is 31.1 Å². The Hall–Kier alpha value is -3.01. The molecule has 1 aliphatic rings. The number of benzene rings is 2. The number of hydrogen-bond donors (Lipinski definition) is 0. The monoisotopic (exact) mass is 359 g/mol. The fraction of sp³-hybridized carbons (Fsp3) is 0.261. The summed E-state index contributed by atoms with van der Waals surface area (Å²) in [7, 11) is 0. The van der Waals surface area contributed by atoms with Crippen molar-refractivity contribution in [3.8, 4) is 5.69 Å².